The molecule has 0 aromatic heterocycles. The van der Waals surface area contributed by atoms with Gasteiger partial charge in [0.25, 0.3) is 0 Å². The second-order valence-corrected chi connectivity index (χ2v) is 7.86. The minimum atomic E-state index is -2.88. The van der Waals surface area contributed by atoms with Crippen LogP contribution in [0.15, 0.2) is 29.2 Å². The van der Waals surface area contributed by atoms with Crippen LogP contribution in [0.4, 0.5) is 0 Å². The van der Waals surface area contributed by atoms with Crippen molar-refractivity contribution in [1.29, 1.82) is 0 Å². The van der Waals surface area contributed by atoms with Crippen molar-refractivity contribution in [3.8, 4) is 0 Å². The summed E-state index contributed by atoms with van der Waals surface area (Å²) in [7, 11) is -2.88. The molecule has 3 nitrogen and oxygen atoms in total. The molecule has 0 spiro atoms. The quantitative estimate of drug-likeness (QED) is 0.780. The highest BCUT2D eigenvalue weighted by Gasteiger charge is 2.08. The van der Waals surface area contributed by atoms with Gasteiger partial charge in [0.05, 0.1) is 5.75 Å². The van der Waals surface area contributed by atoms with Gasteiger partial charge in [-0.3, -0.25) is 0 Å². The van der Waals surface area contributed by atoms with Crippen molar-refractivity contribution in [2.24, 2.45) is 5.73 Å². The van der Waals surface area contributed by atoms with E-state index >= 15 is 0 Å². The summed E-state index contributed by atoms with van der Waals surface area (Å²) in [5.74, 6) is 0.809. The smallest absolute Gasteiger partial charge is 0.148 e. The minimum Gasteiger partial charge on any atom is -0.327 e. The van der Waals surface area contributed by atoms with E-state index in [4.69, 9.17) is 5.73 Å². The van der Waals surface area contributed by atoms with Crippen molar-refractivity contribution in [1.82, 2.24) is 0 Å². The molecule has 0 aliphatic carbocycles. The maximum absolute atomic E-state index is 11.1. The zero-order valence-corrected chi connectivity index (χ0v) is 12.6. The van der Waals surface area contributed by atoms with Gasteiger partial charge in [-0.05, 0) is 24.5 Å². The third-order valence-corrected chi connectivity index (χ3v) is 5.01. The lowest BCUT2D eigenvalue weighted by atomic mass is 10.1. The summed E-state index contributed by atoms with van der Waals surface area (Å²) in [6.07, 6.45) is 3.06. The normalized spacial score (nSPS) is 13.5. The van der Waals surface area contributed by atoms with E-state index in [1.807, 2.05) is 18.2 Å². The molecular formula is C13H21NO2S2. The molecule has 0 bridgehead atoms. The van der Waals surface area contributed by atoms with Gasteiger partial charge in [0.2, 0.25) is 0 Å². The molecule has 2 N–H and O–H groups in total. The van der Waals surface area contributed by atoms with E-state index in [1.165, 1.54) is 11.8 Å². The zero-order chi connectivity index (χ0) is 13.6. The standard InChI is InChI=1S/C13H21NO2S2/c1-3-12(14)10-11-6-4-5-7-13(11)17-8-9-18(2,15)16/h4-7,12H,3,8-10,14H2,1-2H3. The van der Waals surface area contributed by atoms with E-state index < -0.39 is 9.84 Å². The first-order chi connectivity index (χ1) is 8.42. The first kappa shape index (κ1) is 15.5. The fourth-order valence-corrected chi connectivity index (χ4v) is 3.82. The molecule has 0 saturated carbocycles. The molecule has 1 rings (SSSR count). The second-order valence-electron chi connectivity index (χ2n) is 4.46. The monoisotopic (exact) mass is 287 g/mol. The highest BCUT2D eigenvalue weighted by atomic mass is 32.2. The first-order valence-corrected chi connectivity index (χ1v) is 9.11. The van der Waals surface area contributed by atoms with E-state index in [0.717, 1.165) is 17.7 Å². The van der Waals surface area contributed by atoms with Crippen LogP contribution in [0.2, 0.25) is 0 Å². The Morgan fingerprint density at radius 2 is 2.00 bits per heavy atom. The summed E-state index contributed by atoms with van der Waals surface area (Å²) < 4.78 is 22.2. The molecule has 0 radical (unpaired) electrons. The van der Waals surface area contributed by atoms with E-state index in [1.54, 1.807) is 11.8 Å². The van der Waals surface area contributed by atoms with Crippen LogP contribution in [0, 0.1) is 0 Å². The number of rotatable bonds is 7. The molecule has 0 fully saturated rings. The van der Waals surface area contributed by atoms with Gasteiger partial charge in [-0.15, -0.1) is 11.8 Å². The second kappa shape index (κ2) is 7.16. The fourth-order valence-electron chi connectivity index (χ4n) is 1.54. The van der Waals surface area contributed by atoms with E-state index in [-0.39, 0.29) is 11.8 Å². The van der Waals surface area contributed by atoms with Crippen LogP contribution in [0.5, 0.6) is 0 Å². The van der Waals surface area contributed by atoms with Crippen molar-refractivity contribution in [2.45, 2.75) is 30.7 Å². The molecule has 102 valence electrons. The highest BCUT2D eigenvalue weighted by Crippen LogP contribution is 2.24. The maximum Gasteiger partial charge on any atom is 0.148 e. The van der Waals surface area contributed by atoms with Crippen molar-refractivity contribution >= 4 is 21.6 Å². The Bertz CT molecular complexity index is 472. The summed E-state index contributed by atoms with van der Waals surface area (Å²) >= 11 is 1.59. The van der Waals surface area contributed by atoms with Crippen molar-refractivity contribution < 1.29 is 8.42 Å². The first-order valence-electron chi connectivity index (χ1n) is 6.06. The topological polar surface area (TPSA) is 60.2 Å². The predicted octanol–water partition coefficient (Wildman–Crippen LogP) is 2.10. The highest BCUT2D eigenvalue weighted by molar-refractivity contribution is 8.00. The Morgan fingerprint density at radius 3 is 2.61 bits per heavy atom. The van der Waals surface area contributed by atoms with Gasteiger partial charge in [0, 0.05) is 22.9 Å². The molecule has 0 aliphatic heterocycles. The zero-order valence-electron chi connectivity index (χ0n) is 10.9. The van der Waals surface area contributed by atoms with Crippen molar-refractivity contribution in [3.63, 3.8) is 0 Å². The third kappa shape index (κ3) is 5.89. The minimum absolute atomic E-state index is 0.168. The molecule has 1 aromatic carbocycles. The van der Waals surface area contributed by atoms with Gasteiger partial charge in [0.15, 0.2) is 0 Å². The van der Waals surface area contributed by atoms with E-state index in [9.17, 15) is 8.42 Å². The molecule has 5 heteroatoms. The largest absolute Gasteiger partial charge is 0.327 e. The van der Waals surface area contributed by atoms with Crippen LogP contribution in [-0.4, -0.2) is 32.2 Å². The molecule has 0 aliphatic rings. The van der Waals surface area contributed by atoms with Gasteiger partial charge in [0.1, 0.15) is 9.84 Å². The molecule has 18 heavy (non-hydrogen) atoms. The molecule has 0 saturated heterocycles. The summed E-state index contributed by atoms with van der Waals surface area (Å²) in [6.45, 7) is 2.07. The number of sulfone groups is 1. The van der Waals surface area contributed by atoms with Crippen LogP contribution in [0.25, 0.3) is 0 Å². The summed E-state index contributed by atoms with van der Waals surface area (Å²) in [4.78, 5) is 1.14. The fraction of sp³-hybridized carbons (Fsp3) is 0.538. The molecule has 0 heterocycles. The molecule has 1 atom stereocenters. The van der Waals surface area contributed by atoms with Crippen molar-refractivity contribution in [3.05, 3.63) is 29.8 Å². The van der Waals surface area contributed by atoms with Crippen LogP contribution in [-0.2, 0) is 16.3 Å². The molecule has 1 aromatic rings. The van der Waals surface area contributed by atoms with E-state index in [0.29, 0.717) is 5.75 Å². The van der Waals surface area contributed by atoms with Gasteiger partial charge in [-0.25, -0.2) is 8.42 Å². The van der Waals surface area contributed by atoms with Crippen LogP contribution in [0.3, 0.4) is 0 Å². The molecule has 0 amide bonds. The maximum atomic E-state index is 11.1. The Morgan fingerprint density at radius 1 is 1.33 bits per heavy atom. The third-order valence-electron chi connectivity index (χ3n) is 2.69. The Hall–Kier alpha value is -0.520. The Kier molecular flexibility index (Phi) is 6.18. The van der Waals surface area contributed by atoms with E-state index in [2.05, 4.69) is 13.0 Å². The number of hydrogen-bond acceptors (Lipinski definition) is 4. The van der Waals surface area contributed by atoms with Gasteiger partial charge < -0.3 is 5.73 Å². The summed E-state index contributed by atoms with van der Waals surface area (Å²) in [5, 5.41) is 0. The Balaban J connectivity index is 2.64. The van der Waals surface area contributed by atoms with Gasteiger partial charge >= 0.3 is 0 Å². The Labute approximate surface area is 114 Å². The predicted molar refractivity (Wildman–Crippen MR) is 78.8 cm³/mol. The lowest BCUT2D eigenvalue weighted by molar-refractivity contribution is 0.603. The number of hydrogen-bond donors (Lipinski definition) is 1. The lowest BCUT2D eigenvalue weighted by Gasteiger charge is -2.12. The molecule has 1 unspecified atom stereocenters. The average Bonchev–Trinajstić information content (AvgIpc) is 2.29. The lowest BCUT2D eigenvalue weighted by Crippen LogP contribution is -2.21. The van der Waals surface area contributed by atoms with Crippen LogP contribution >= 0.6 is 11.8 Å². The van der Waals surface area contributed by atoms with Crippen LogP contribution in [0.1, 0.15) is 18.9 Å². The van der Waals surface area contributed by atoms with Crippen molar-refractivity contribution in [2.75, 3.05) is 17.8 Å². The summed E-state index contributed by atoms with van der Waals surface area (Å²) in [6, 6.07) is 8.24. The van der Waals surface area contributed by atoms with Crippen LogP contribution < -0.4 is 5.73 Å². The van der Waals surface area contributed by atoms with Gasteiger partial charge in [-0.2, -0.15) is 0 Å². The number of benzene rings is 1. The molecular weight excluding hydrogens is 266 g/mol. The SMILES string of the molecule is CCC(N)Cc1ccccc1SCCS(C)(=O)=O. The summed E-state index contributed by atoms with van der Waals surface area (Å²) in [5.41, 5.74) is 7.18. The number of nitrogens with two attached hydrogens (primary N) is 1. The average molecular weight is 287 g/mol. The van der Waals surface area contributed by atoms with Gasteiger partial charge in [-0.1, -0.05) is 25.1 Å². The number of thioether (sulfide) groups is 1.